The molecule has 1 aliphatic rings. The Morgan fingerprint density at radius 3 is 2.18 bits per heavy atom. The summed E-state index contributed by atoms with van der Waals surface area (Å²) in [6.07, 6.45) is 5.01. The Hall–Kier alpha value is 0.310. The molecule has 1 rings (SSSR count). The molecule has 1 aliphatic heterocycles. The Labute approximate surface area is 74.5 Å². The molecule has 11 heavy (non-hydrogen) atoms. The van der Waals surface area contributed by atoms with Gasteiger partial charge in [-0.05, 0) is 46.0 Å². The molecule has 66 valence electrons. The van der Waals surface area contributed by atoms with Gasteiger partial charge < -0.3 is 4.90 Å². The van der Waals surface area contributed by atoms with Crippen LogP contribution in [0.3, 0.4) is 0 Å². The zero-order chi connectivity index (χ0) is 8.27. The van der Waals surface area contributed by atoms with Gasteiger partial charge in [0.1, 0.15) is 0 Å². The lowest BCUT2D eigenvalue weighted by atomic mass is 10.1. The van der Waals surface area contributed by atoms with Crippen molar-refractivity contribution < 1.29 is 0 Å². The Balaban J connectivity index is 2.24. The minimum absolute atomic E-state index is 0.748. The van der Waals surface area contributed by atoms with E-state index >= 15 is 0 Å². The molecule has 0 aromatic heterocycles. The van der Waals surface area contributed by atoms with E-state index in [2.05, 4.69) is 25.0 Å². The molecule has 1 nitrogen and oxygen atoms in total. The fourth-order valence-corrected chi connectivity index (χ4v) is 2.31. The van der Waals surface area contributed by atoms with Crippen LogP contribution in [0, 0.1) is 0 Å². The zero-order valence-corrected chi connectivity index (χ0v) is 8.66. The number of rotatable bonds is 2. The predicted molar refractivity (Wildman–Crippen MR) is 53.2 cm³/mol. The Morgan fingerprint density at radius 2 is 1.82 bits per heavy atom. The van der Waals surface area contributed by atoms with E-state index in [0.717, 1.165) is 11.3 Å². The Morgan fingerprint density at radius 1 is 1.27 bits per heavy atom. The van der Waals surface area contributed by atoms with E-state index in [0.29, 0.717) is 0 Å². The molecule has 0 atom stereocenters. The zero-order valence-electron chi connectivity index (χ0n) is 7.84. The van der Waals surface area contributed by atoms with E-state index in [1.54, 1.807) is 0 Å². The van der Waals surface area contributed by atoms with Crippen LogP contribution in [0.2, 0.25) is 0 Å². The summed E-state index contributed by atoms with van der Waals surface area (Å²) in [5.41, 5.74) is 0. The molecule has 0 N–H and O–H groups in total. The number of hydrogen-bond donors (Lipinski definition) is 0. The van der Waals surface area contributed by atoms with E-state index in [4.69, 9.17) is 0 Å². The molecule has 0 radical (unpaired) electrons. The van der Waals surface area contributed by atoms with Crippen LogP contribution < -0.4 is 0 Å². The van der Waals surface area contributed by atoms with Crippen LogP contribution in [0.4, 0.5) is 0 Å². The molecule has 1 fully saturated rings. The average Bonchev–Trinajstić information content (AvgIpc) is 2.05. The van der Waals surface area contributed by atoms with Gasteiger partial charge in [0.2, 0.25) is 0 Å². The fraction of sp³-hybridized carbons (Fsp3) is 1.00. The quantitative estimate of drug-likeness (QED) is 0.630. The minimum Gasteiger partial charge on any atom is -0.301 e. The van der Waals surface area contributed by atoms with Gasteiger partial charge in [0.15, 0.2) is 0 Å². The number of nitrogens with zero attached hydrogens (tertiary/aromatic N) is 1. The van der Waals surface area contributed by atoms with Crippen molar-refractivity contribution in [3.63, 3.8) is 0 Å². The molecule has 0 unspecified atom stereocenters. The summed E-state index contributed by atoms with van der Waals surface area (Å²) in [6, 6.07) is 0.748. The molecule has 1 saturated heterocycles. The summed E-state index contributed by atoms with van der Waals surface area (Å²) in [6.45, 7) is 7.20. The van der Waals surface area contributed by atoms with E-state index in [1.807, 2.05) is 11.8 Å². The second kappa shape index (κ2) is 4.36. The van der Waals surface area contributed by atoms with Crippen LogP contribution >= 0.6 is 11.8 Å². The standard InChI is InChI=1S/C9H19NS/c1-8(2)10-6-4-9(11-3)5-7-10/h8-9H,4-7H2,1-3H3. The number of thioether (sulfide) groups is 1. The highest BCUT2D eigenvalue weighted by molar-refractivity contribution is 7.99. The van der Waals surface area contributed by atoms with Crippen LogP contribution in [-0.4, -0.2) is 35.5 Å². The van der Waals surface area contributed by atoms with Crippen molar-refractivity contribution in [1.82, 2.24) is 4.90 Å². The van der Waals surface area contributed by atoms with Gasteiger partial charge in [-0.25, -0.2) is 0 Å². The van der Waals surface area contributed by atoms with Gasteiger partial charge in [0, 0.05) is 11.3 Å². The highest BCUT2D eigenvalue weighted by Crippen LogP contribution is 2.21. The average molecular weight is 173 g/mol. The third-order valence-corrected chi connectivity index (χ3v) is 3.68. The van der Waals surface area contributed by atoms with Crippen molar-refractivity contribution in [2.24, 2.45) is 0 Å². The number of hydrogen-bond acceptors (Lipinski definition) is 2. The van der Waals surface area contributed by atoms with E-state index in [-0.39, 0.29) is 0 Å². The Bertz CT molecular complexity index is 106. The van der Waals surface area contributed by atoms with E-state index < -0.39 is 0 Å². The smallest absolute Gasteiger partial charge is 0.00686 e. The molecule has 0 aromatic carbocycles. The summed E-state index contributed by atoms with van der Waals surface area (Å²) in [7, 11) is 0. The fourth-order valence-electron chi connectivity index (χ4n) is 1.63. The number of likely N-dealkylation sites (tertiary alicyclic amines) is 1. The maximum atomic E-state index is 2.58. The molecular weight excluding hydrogens is 154 g/mol. The van der Waals surface area contributed by atoms with Crippen molar-refractivity contribution in [2.45, 2.75) is 38.0 Å². The molecule has 0 spiro atoms. The van der Waals surface area contributed by atoms with Crippen molar-refractivity contribution in [1.29, 1.82) is 0 Å². The van der Waals surface area contributed by atoms with Crippen molar-refractivity contribution >= 4 is 11.8 Å². The summed E-state index contributed by atoms with van der Waals surface area (Å²) in [5, 5.41) is 0.935. The van der Waals surface area contributed by atoms with Crippen molar-refractivity contribution in [3.8, 4) is 0 Å². The second-order valence-corrected chi connectivity index (χ2v) is 4.70. The molecule has 0 aliphatic carbocycles. The number of piperidine rings is 1. The van der Waals surface area contributed by atoms with Gasteiger partial charge in [-0.1, -0.05) is 0 Å². The lowest BCUT2D eigenvalue weighted by Crippen LogP contribution is -2.39. The lowest BCUT2D eigenvalue weighted by molar-refractivity contribution is 0.188. The SMILES string of the molecule is CSC1CCN(C(C)C)CC1. The topological polar surface area (TPSA) is 3.24 Å². The van der Waals surface area contributed by atoms with Gasteiger partial charge in [0.05, 0.1) is 0 Å². The molecule has 1 heterocycles. The van der Waals surface area contributed by atoms with Gasteiger partial charge in [-0.3, -0.25) is 0 Å². The van der Waals surface area contributed by atoms with Gasteiger partial charge in [-0.2, -0.15) is 11.8 Å². The first-order valence-electron chi connectivity index (χ1n) is 4.51. The Kier molecular flexibility index (Phi) is 3.73. The van der Waals surface area contributed by atoms with Gasteiger partial charge in [0.25, 0.3) is 0 Å². The summed E-state index contributed by atoms with van der Waals surface area (Å²) < 4.78 is 0. The molecule has 0 amide bonds. The van der Waals surface area contributed by atoms with Gasteiger partial charge in [-0.15, -0.1) is 0 Å². The third-order valence-electron chi connectivity index (χ3n) is 2.54. The van der Waals surface area contributed by atoms with Crippen LogP contribution in [0.25, 0.3) is 0 Å². The summed E-state index contributed by atoms with van der Waals surface area (Å²) >= 11 is 2.03. The van der Waals surface area contributed by atoms with Crippen molar-refractivity contribution in [3.05, 3.63) is 0 Å². The molecule has 0 saturated carbocycles. The van der Waals surface area contributed by atoms with Crippen LogP contribution in [-0.2, 0) is 0 Å². The minimum atomic E-state index is 0.748. The largest absolute Gasteiger partial charge is 0.301 e. The highest BCUT2D eigenvalue weighted by atomic mass is 32.2. The lowest BCUT2D eigenvalue weighted by Gasteiger charge is -2.33. The molecule has 0 aromatic rings. The van der Waals surface area contributed by atoms with Crippen LogP contribution in [0.1, 0.15) is 26.7 Å². The summed E-state index contributed by atoms with van der Waals surface area (Å²) in [5.74, 6) is 0. The first-order valence-corrected chi connectivity index (χ1v) is 5.79. The predicted octanol–water partition coefficient (Wildman–Crippen LogP) is 2.22. The van der Waals surface area contributed by atoms with Crippen LogP contribution in [0.15, 0.2) is 0 Å². The van der Waals surface area contributed by atoms with E-state index in [1.165, 1.54) is 25.9 Å². The maximum absolute atomic E-state index is 2.58. The third kappa shape index (κ3) is 2.68. The monoisotopic (exact) mass is 173 g/mol. The molecule has 0 bridgehead atoms. The first kappa shape index (κ1) is 9.40. The molecular formula is C9H19NS. The first-order chi connectivity index (χ1) is 5.24. The highest BCUT2D eigenvalue weighted by Gasteiger charge is 2.19. The van der Waals surface area contributed by atoms with Crippen molar-refractivity contribution in [2.75, 3.05) is 19.3 Å². The maximum Gasteiger partial charge on any atom is 0.00686 e. The second-order valence-electron chi connectivity index (χ2n) is 3.56. The van der Waals surface area contributed by atoms with E-state index in [9.17, 15) is 0 Å². The van der Waals surface area contributed by atoms with Crippen LogP contribution in [0.5, 0.6) is 0 Å². The normalized spacial score (nSPS) is 22.9. The summed E-state index contributed by atoms with van der Waals surface area (Å²) in [4.78, 5) is 2.58. The molecule has 2 heteroatoms. The van der Waals surface area contributed by atoms with Gasteiger partial charge >= 0.3 is 0 Å².